The molecule has 1 atom stereocenters. The normalized spacial score (nSPS) is 15.4. The number of nitrogens with one attached hydrogen (secondary N) is 2. The van der Waals surface area contributed by atoms with Crippen molar-refractivity contribution in [3.8, 4) is 0 Å². The third-order valence-corrected chi connectivity index (χ3v) is 5.29. The Bertz CT molecular complexity index is 936. The fourth-order valence-corrected chi connectivity index (χ4v) is 3.53. The minimum Gasteiger partial charge on any atom is -0.353 e. The van der Waals surface area contributed by atoms with Crippen LogP contribution in [0.4, 0.5) is 10.1 Å². The summed E-state index contributed by atoms with van der Waals surface area (Å²) in [5.41, 5.74) is -0.270. The molecule has 8 heteroatoms. The third kappa shape index (κ3) is 5.76. The van der Waals surface area contributed by atoms with Crippen LogP contribution in [0.2, 0.25) is 0 Å². The van der Waals surface area contributed by atoms with Crippen molar-refractivity contribution in [2.24, 2.45) is 0 Å². The van der Waals surface area contributed by atoms with Gasteiger partial charge in [-0.25, -0.2) is 4.39 Å². The van der Waals surface area contributed by atoms with Gasteiger partial charge in [-0.1, -0.05) is 6.42 Å². The molecule has 0 bridgehead atoms. The van der Waals surface area contributed by atoms with Gasteiger partial charge in [0.05, 0.1) is 0 Å². The Kier molecular flexibility index (Phi) is 7.35. The number of benzene rings is 1. The van der Waals surface area contributed by atoms with E-state index in [1.807, 2.05) is 0 Å². The van der Waals surface area contributed by atoms with Crippen LogP contribution in [0, 0.1) is 5.82 Å². The van der Waals surface area contributed by atoms with Crippen molar-refractivity contribution in [2.45, 2.75) is 38.8 Å². The number of nitrogens with zero attached hydrogens (tertiary/aromatic N) is 2. The van der Waals surface area contributed by atoms with Crippen LogP contribution in [-0.2, 0) is 11.3 Å². The maximum absolute atomic E-state index is 13.0. The summed E-state index contributed by atoms with van der Waals surface area (Å²) >= 11 is 0. The number of hydrogen-bond acceptors (Lipinski definition) is 4. The van der Waals surface area contributed by atoms with Crippen LogP contribution in [0.3, 0.4) is 0 Å². The van der Waals surface area contributed by atoms with E-state index in [1.165, 1.54) is 60.4 Å². The zero-order valence-corrected chi connectivity index (χ0v) is 17.1. The number of carbonyl (C=O) groups excluding carboxylic acids is 2. The van der Waals surface area contributed by atoms with E-state index in [-0.39, 0.29) is 24.1 Å². The maximum Gasteiger partial charge on any atom is 0.263 e. The summed E-state index contributed by atoms with van der Waals surface area (Å²) in [7, 11) is 0. The molecule has 0 spiro atoms. The molecule has 7 nitrogen and oxygen atoms in total. The van der Waals surface area contributed by atoms with E-state index in [0.717, 1.165) is 13.1 Å². The Morgan fingerprint density at radius 3 is 2.50 bits per heavy atom. The number of hydrogen-bond donors (Lipinski definition) is 2. The average Bonchev–Trinajstić information content (AvgIpc) is 2.75. The molecule has 3 rings (SSSR count). The quantitative estimate of drug-likeness (QED) is 0.728. The summed E-state index contributed by atoms with van der Waals surface area (Å²) in [5.74, 6) is -1.31. The summed E-state index contributed by atoms with van der Waals surface area (Å²) in [6.07, 6.45) is 5.09. The SMILES string of the molecule is CC(CNC(=O)Cn1cccc(C(=O)Nc2ccc(F)cc2)c1=O)N1CCCCC1. The Hall–Kier alpha value is -3.00. The molecule has 2 N–H and O–H groups in total. The molecule has 1 aliphatic rings. The van der Waals surface area contributed by atoms with Gasteiger partial charge in [0.2, 0.25) is 5.91 Å². The van der Waals surface area contributed by atoms with Gasteiger partial charge in [0.25, 0.3) is 11.5 Å². The number of anilines is 1. The van der Waals surface area contributed by atoms with Gasteiger partial charge >= 0.3 is 0 Å². The van der Waals surface area contributed by atoms with Gasteiger partial charge in [0.15, 0.2) is 0 Å². The van der Waals surface area contributed by atoms with E-state index < -0.39 is 17.3 Å². The van der Waals surface area contributed by atoms with Crippen LogP contribution in [0.25, 0.3) is 0 Å². The first-order chi connectivity index (χ1) is 14.4. The first-order valence-corrected chi connectivity index (χ1v) is 10.2. The van der Waals surface area contributed by atoms with Crippen molar-refractivity contribution >= 4 is 17.5 Å². The molecule has 0 aliphatic carbocycles. The van der Waals surface area contributed by atoms with Crippen molar-refractivity contribution < 1.29 is 14.0 Å². The molecule has 2 amide bonds. The minimum atomic E-state index is -0.611. The Morgan fingerprint density at radius 2 is 1.80 bits per heavy atom. The van der Waals surface area contributed by atoms with Crippen molar-refractivity contribution in [1.82, 2.24) is 14.8 Å². The summed E-state index contributed by atoms with van der Waals surface area (Å²) in [6.45, 7) is 4.52. The first-order valence-electron chi connectivity index (χ1n) is 10.2. The van der Waals surface area contributed by atoms with Crippen LogP contribution >= 0.6 is 0 Å². The van der Waals surface area contributed by atoms with E-state index in [1.54, 1.807) is 6.07 Å². The highest BCUT2D eigenvalue weighted by Gasteiger charge is 2.18. The van der Waals surface area contributed by atoms with E-state index in [0.29, 0.717) is 12.2 Å². The van der Waals surface area contributed by atoms with E-state index >= 15 is 0 Å². The van der Waals surface area contributed by atoms with Crippen LogP contribution in [0.5, 0.6) is 0 Å². The van der Waals surface area contributed by atoms with Gasteiger partial charge in [0, 0.05) is 24.5 Å². The number of pyridine rings is 1. The molecule has 1 saturated heterocycles. The topological polar surface area (TPSA) is 83.4 Å². The second-order valence-corrected chi connectivity index (χ2v) is 7.57. The number of aromatic nitrogens is 1. The highest BCUT2D eigenvalue weighted by molar-refractivity contribution is 6.04. The second-order valence-electron chi connectivity index (χ2n) is 7.57. The number of rotatable bonds is 7. The molecule has 2 heterocycles. The Morgan fingerprint density at radius 1 is 1.10 bits per heavy atom. The van der Waals surface area contributed by atoms with E-state index in [4.69, 9.17) is 0 Å². The molecule has 1 aromatic carbocycles. The van der Waals surface area contributed by atoms with Gasteiger partial charge in [-0.2, -0.15) is 0 Å². The predicted molar refractivity (Wildman–Crippen MR) is 113 cm³/mol. The van der Waals surface area contributed by atoms with Crippen LogP contribution in [0.1, 0.15) is 36.5 Å². The Balaban J connectivity index is 1.58. The molecule has 2 aromatic rings. The minimum absolute atomic E-state index is 0.0868. The van der Waals surface area contributed by atoms with Gasteiger partial charge < -0.3 is 15.2 Å². The molecule has 30 heavy (non-hydrogen) atoms. The number of amides is 2. The van der Waals surface area contributed by atoms with Crippen LogP contribution in [0.15, 0.2) is 47.4 Å². The van der Waals surface area contributed by atoms with Crippen LogP contribution in [-0.4, -0.2) is 47.0 Å². The lowest BCUT2D eigenvalue weighted by molar-refractivity contribution is -0.122. The molecule has 160 valence electrons. The largest absolute Gasteiger partial charge is 0.353 e. The average molecular weight is 414 g/mol. The van der Waals surface area contributed by atoms with Crippen molar-refractivity contribution in [2.75, 3.05) is 25.0 Å². The third-order valence-electron chi connectivity index (χ3n) is 5.29. The summed E-state index contributed by atoms with van der Waals surface area (Å²) in [5, 5.41) is 5.43. The fraction of sp³-hybridized carbons (Fsp3) is 0.409. The number of halogens is 1. The fourth-order valence-electron chi connectivity index (χ4n) is 3.53. The van der Waals surface area contributed by atoms with Crippen molar-refractivity contribution in [3.05, 3.63) is 64.3 Å². The maximum atomic E-state index is 13.0. The monoisotopic (exact) mass is 414 g/mol. The number of piperidine rings is 1. The Labute approximate surface area is 174 Å². The highest BCUT2D eigenvalue weighted by Crippen LogP contribution is 2.11. The lowest BCUT2D eigenvalue weighted by Crippen LogP contribution is -2.45. The smallest absolute Gasteiger partial charge is 0.263 e. The van der Waals surface area contributed by atoms with Gasteiger partial charge in [0.1, 0.15) is 17.9 Å². The molecular formula is C22H27FN4O3. The standard InChI is InChI=1S/C22H27FN4O3/c1-16(26-11-3-2-4-12-26)14-24-20(28)15-27-13-5-6-19(22(27)30)21(29)25-18-9-7-17(23)8-10-18/h5-10,13,16H,2-4,11-12,14-15H2,1H3,(H,24,28)(H,25,29). The zero-order chi connectivity index (χ0) is 21.5. The molecule has 0 radical (unpaired) electrons. The van der Waals surface area contributed by atoms with Gasteiger partial charge in [-0.15, -0.1) is 0 Å². The van der Waals surface area contributed by atoms with Crippen LogP contribution < -0.4 is 16.2 Å². The molecule has 1 unspecified atom stereocenters. The number of likely N-dealkylation sites (tertiary alicyclic amines) is 1. The molecule has 1 aliphatic heterocycles. The zero-order valence-electron chi connectivity index (χ0n) is 17.1. The van der Waals surface area contributed by atoms with E-state index in [2.05, 4.69) is 22.5 Å². The summed E-state index contributed by atoms with van der Waals surface area (Å²) < 4.78 is 14.2. The first kappa shape index (κ1) is 21.7. The molecular weight excluding hydrogens is 387 g/mol. The molecule has 1 aromatic heterocycles. The van der Waals surface area contributed by atoms with E-state index in [9.17, 15) is 18.8 Å². The lowest BCUT2D eigenvalue weighted by atomic mass is 10.1. The molecule has 0 saturated carbocycles. The van der Waals surface area contributed by atoms with Gasteiger partial charge in [-0.3, -0.25) is 19.3 Å². The summed E-state index contributed by atoms with van der Waals surface area (Å²) in [6, 6.07) is 8.43. The predicted octanol–water partition coefficient (Wildman–Crippen LogP) is 2.23. The lowest BCUT2D eigenvalue weighted by Gasteiger charge is -2.32. The molecule has 1 fully saturated rings. The van der Waals surface area contributed by atoms with Crippen molar-refractivity contribution in [1.29, 1.82) is 0 Å². The number of carbonyl (C=O) groups is 2. The van der Waals surface area contributed by atoms with Crippen molar-refractivity contribution in [3.63, 3.8) is 0 Å². The summed E-state index contributed by atoms with van der Waals surface area (Å²) in [4.78, 5) is 39.7. The second kappa shape index (κ2) is 10.2. The highest BCUT2D eigenvalue weighted by atomic mass is 19.1. The van der Waals surface area contributed by atoms with Gasteiger partial charge in [-0.05, 0) is 69.3 Å².